The van der Waals surface area contributed by atoms with Gasteiger partial charge >= 0.3 is 51.4 Å². The summed E-state index contributed by atoms with van der Waals surface area (Å²) in [7, 11) is 0. The van der Waals surface area contributed by atoms with Gasteiger partial charge in [-0.1, -0.05) is 138 Å². The fourth-order valence-electron chi connectivity index (χ4n) is 8.03. The van der Waals surface area contributed by atoms with Crippen LogP contribution in [0.2, 0.25) is 0 Å². The van der Waals surface area contributed by atoms with E-state index in [1.54, 1.807) is 13.8 Å². The number of ketones is 3. The van der Waals surface area contributed by atoms with Crippen molar-refractivity contribution in [3.8, 4) is 17.2 Å². The molecule has 0 heterocycles. The number of thioether (sulfide) groups is 4. The summed E-state index contributed by atoms with van der Waals surface area (Å²) < 4.78 is 17.4. The number of carbonyl (C=O) groups excluding carboxylic acids is 7. The smallest absolute Gasteiger partial charge is 1.00 e. The first-order valence-electron chi connectivity index (χ1n) is 28.8. The van der Waals surface area contributed by atoms with E-state index in [-0.39, 0.29) is 131 Å². The van der Waals surface area contributed by atoms with Crippen LogP contribution in [0.1, 0.15) is 199 Å². The maximum Gasteiger partial charge on any atom is 1.00 e. The molecule has 22 heteroatoms. The zero-order chi connectivity index (χ0) is 60.4. The van der Waals surface area contributed by atoms with Gasteiger partial charge in [0.05, 0.1) is 25.9 Å². The van der Waals surface area contributed by atoms with Gasteiger partial charge in [0.2, 0.25) is 0 Å². The third kappa shape index (κ3) is 45.4. The Bertz CT molecular complexity index is 2250. The zero-order valence-electron chi connectivity index (χ0n) is 53.3. The van der Waals surface area contributed by atoms with Crippen molar-refractivity contribution in [3.63, 3.8) is 0 Å². The number of thiol groups is 2. The van der Waals surface area contributed by atoms with Crippen LogP contribution in [-0.2, 0) is 68.1 Å². The maximum absolute atomic E-state index is 12.2. The van der Waals surface area contributed by atoms with E-state index in [2.05, 4.69) is 39.1 Å². The summed E-state index contributed by atoms with van der Waals surface area (Å²) in [5, 5.41) is 0.237. The third-order valence-electron chi connectivity index (χ3n) is 13.1. The molecule has 12 nitrogen and oxygen atoms in total. The molecule has 4 N–H and O–H groups in total. The predicted octanol–water partition coefficient (Wildman–Crippen LogP) is 12.6. The Kier molecular flexibility index (Phi) is 61.3. The molecule has 0 saturated carbocycles. The second kappa shape index (κ2) is 57.4. The van der Waals surface area contributed by atoms with E-state index < -0.39 is 6.04 Å². The minimum absolute atomic E-state index is 0. The fraction of sp³-hybridized carbons (Fsp3) is 0.603. The van der Waals surface area contributed by atoms with E-state index in [4.69, 9.17) is 25.7 Å². The molecule has 3 aromatic rings. The molecule has 0 aromatic heterocycles. The van der Waals surface area contributed by atoms with Crippen LogP contribution in [-0.4, -0.2) is 70.2 Å². The van der Waals surface area contributed by atoms with Crippen molar-refractivity contribution in [1.29, 1.82) is 0 Å². The number of hydrogen-bond donors (Lipinski definition) is 4. The Morgan fingerprint density at radius 1 is 0.459 bits per heavy atom. The number of rotatable bonds is 40. The van der Waals surface area contributed by atoms with Gasteiger partial charge in [-0.25, -0.2) is 0 Å². The number of benzene rings is 3. The van der Waals surface area contributed by atoms with E-state index in [0.29, 0.717) is 117 Å². The predicted molar refractivity (Wildman–Crippen MR) is 382 cm³/mol. The molecule has 3 atom stereocenters. The van der Waals surface area contributed by atoms with Crippen LogP contribution in [0, 0.1) is 11.8 Å². The summed E-state index contributed by atoms with van der Waals surface area (Å²) in [6, 6.07) is 17.1. The average molecular weight is 1380 g/mol. The van der Waals surface area contributed by atoms with E-state index in [1.165, 1.54) is 92.1 Å². The summed E-state index contributed by atoms with van der Waals surface area (Å²) >= 11 is 13.6. The van der Waals surface area contributed by atoms with Gasteiger partial charge in [-0.3, -0.25) is 33.6 Å². The third-order valence-corrected chi connectivity index (χ3v) is 17.2. The van der Waals surface area contributed by atoms with Gasteiger partial charge in [-0.05, 0) is 121 Å². The van der Waals surface area contributed by atoms with E-state index >= 15 is 0 Å². The van der Waals surface area contributed by atoms with Gasteiger partial charge in [0.1, 0.15) is 34.6 Å². The molecule has 0 saturated heterocycles. The molecule has 3 aromatic carbocycles. The quantitative estimate of drug-likeness (QED) is 0.0238. The average Bonchev–Trinajstić information content (AvgIpc) is 3.65. The number of nitrogens with two attached hydrogens (primary N) is 2. The minimum Gasteiger partial charge on any atom is -1.00 e. The Labute approximate surface area is 604 Å². The van der Waals surface area contributed by atoms with Crippen LogP contribution < -0.4 is 77.1 Å². The monoisotopic (exact) mass is 1370 g/mol. The SMILES string of the molecule is CC(=O)SCc1ccc(OCCCC(=O)[C@@H](N)CCCCN)cc1CSC(C)=O.CCCCC[C@H](C)C(=O)CCCOc1ccc(CS)c(CS)c1.CCCCC[C@H](C)C(=O)CCCOc1ccc(CSC(C)=O)c(CSC(C)=O)c1.S.S.S.[H-].[K+]. The molecule has 0 bridgehead atoms. The number of carbonyl (C=O) groups is 7. The molecule has 0 amide bonds. The molecule has 0 aliphatic rings. The molecule has 0 aliphatic heterocycles. The molecule has 0 spiro atoms. The number of ether oxygens (including phenoxy) is 3. The number of Topliss-reactive ketones (excluding diaryl/α,β-unsaturated/α-hetero) is 3. The summed E-state index contributed by atoms with van der Waals surface area (Å²) in [4.78, 5) is 81.5. The Balaban J connectivity index is -0.000000373. The summed E-state index contributed by atoms with van der Waals surface area (Å²) in [5.41, 5.74) is 17.8. The van der Waals surface area contributed by atoms with Crippen molar-refractivity contribution in [2.75, 3.05) is 26.4 Å². The molecule has 85 heavy (non-hydrogen) atoms. The van der Waals surface area contributed by atoms with Crippen LogP contribution in [0.25, 0.3) is 0 Å². The van der Waals surface area contributed by atoms with E-state index in [0.717, 1.165) is 84.3 Å². The van der Waals surface area contributed by atoms with Crippen molar-refractivity contribution in [2.24, 2.45) is 23.3 Å². The summed E-state index contributed by atoms with van der Waals surface area (Å²) in [6.45, 7) is 16.7. The second-order valence-electron chi connectivity index (χ2n) is 20.2. The molecular formula is C63H103KN2O10S9. The molecule has 480 valence electrons. The van der Waals surface area contributed by atoms with Crippen LogP contribution >= 0.6 is 113 Å². The van der Waals surface area contributed by atoms with Gasteiger partial charge in [-0.2, -0.15) is 65.7 Å². The largest absolute Gasteiger partial charge is 1.00 e. The first kappa shape index (κ1) is 90.9. The van der Waals surface area contributed by atoms with Gasteiger partial charge in [0.25, 0.3) is 0 Å². The molecule has 0 unspecified atom stereocenters. The molecule has 0 radical (unpaired) electrons. The van der Waals surface area contributed by atoms with Crippen LogP contribution in [0.5, 0.6) is 17.2 Å². The van der Waals surface area contributed by atoms with E-state index in [9.17, 15) is 33.6 Å². The topological polar surface area (TPSA) is 199 Å². The number of unbranched alkanes of at least 4 members (excludes halogenated alkanes) is 5. The van der Waals surface area contributed by atoms with Crippen molar-refractivity contribution in [2.45, 2.75) is 205 Å². The van der Waals surface area contributed by atoms with Gasteiger partial charge < -0.3 is 27.1 Å². The standard InChI is InChI=1S/C23H34O4S2.C21H32N2O4S2.C19H30O2S2.K.3H2S.H/c1-5-6-7-9-17(2)23(26)10-8-13-27-22-12-11-20(15-28-18(3)24)21(14-22)16-29-19(4)25;1-15(24)28-13-17-8-9-19(12-18(17)14-29-16(2)25)27-11-5-7-21(26)20(23)6-3-4-10-22;1-3-4-5-7-15(2)19(20)8-6-11-21-18-10-9-16(13-22)17(12-18)14-23;;;;;/h11-12,14,17H,5-10,13,15-16H2,1-4H3;8-9,12,20H,3-7,10-11,13-14,22-23H2,1-2H3;9-10,12,15,22-23H,3-8,11,13-14H2,1-2H3;;3*1H2;/q;;;+1;;;;-1/t17-;20-;15-;;;;;/m000...../s1. The zero-order valence-corrected chi connectivity index (χ0v) is 63.5. The first-order valence-corrected chi connectivity index (χ1v) is 34.0. The van der Waals surface area contributed by atoms with Gasteiger partial charge in [0.15, 0.2) is 20.5 Å². The Hall–Kier alpha value is -0.544. The van der Waals surface area contributed by atoms with Crippen LogP contribution in [0.3, 0.4) is 0 Å². The van der Waals surface area contributed by atoms with Crippen molar-refractivity contribution >= 4 is 151 Å². The van der Waals surface area contributed by atoms with Gasteiger partial charge in [-0.15, -0.1) is 0 Å². The van der Waals surface area contributed by atoms with E-state index in [1.807, 2.05) is 68.4 Å². The van der Waals surface area contributed by atoms with Crippen LogP contribution in [0.15, 0.2) is 54.6 Å². The van der Waals surface area contributed by atoms with Crippen LogP contribution in [0.4, 0.5) is 0 Å². The van der Waals surface area contributed by atoms with Crippen molar-refractivity contribution in [1.82, 2.24) is 0 Å². The van der Waals surface area contributed by atoms with Gasteiger partial charge in [0, 0.05) is 93.3 Å². The molecule has 0 aliphatic carbocycles. The maximum atomic E-state index is 12.2. The molecule has 0 fully saturated rings. The number of hydrogen-bond acceptors (Lipinski definition) is 18. The minimum atomic E-state index is -0.421. The molecule has 3 rings (SSSR count). The first-order chi connectivity index (χ1) is 38.8. The summed E-state index contributed by atoms with van der Waals surface area (Å²) in [6.07, 6.45) is 15.1. The Morgan fingerprint density at radius 2 is 0.776 bits per heavy atom. The summed E-state index contributed by atoms with van der Waals surface area (Å²) in [5.74, 6) is 7.00. The normalized spacial score (nSPS) is 11.4. The van der Waals surface area contributed by atoms with Crippen molar-refractivity contribution in [3.05, 3.63) is 88.0 Å². The Morgan fingerprint density at radius 3 is 1.11 bits per heavy atom. The molecular weight excluding hydrogens is 1270 g/mol. The van der Waals surface area contributed by atoms with Crippen molar-refractivity contribution < 1.29 is 101 Å². The second-order valence-corrected chi connectivity index (χ2v) is 25.4. The fourth-order valence-corrected chi connectivity index (χ4v) is 11.2.